The van der Waals surface area contributed by atoms with Gasteiger partial charge in [0.15, 0.2) is 0 Å². The standard InChI is InChI=1S/C22H34N2O2/c1-21(2,26-4)12-8-13-22(3,25)14-9-17-24-16-6-5-11-20(24)19-10-7-15-23-18-19/h7,10,15,18,20,25H,5-6,8,11-13,16-17H2,1-4H3/t20-,22+/m0/s1. The summed E-state index contributed by atoms with van der Waals surface area (Å²) in [6.45, 7) is 7.71. The fraction of sp³-hybridized carbons (Fsp3) is 0.682. The highest BCUT2D eigenvalue weighted by atomic mass is 16.5. The van der Waals surface area contributed by atoms with Crippen LogP contribution in [0.5, 0.6) is 0 Å². The molecule has 144 valence electrons. The normalized spacial score (nSPS) is 20.9. The van der Waals surface area contributed by atoms with Crippen LogP contribution >= 0.6 is 0 Å². The van der Waals surface area contributed by atoms with Gasteiger partial charge in [0.1, 0.15) is 5.60 Å². The van der Waals surface area contributed by atoms with E-state index in [9.17, 15) is 5.11 Å². The fourth-order valence-corrected chi connectivity index (χ4v) is 3.49. The predicted octanol–water partition coefficient (Wildman–Crippen LogP) is 3.96. The van der Waals surface area contributed by atoms with E-state index in [1.807, 2.05) is 25.4 Å². The van der Waals surface area contributed by atoms with Gasteiger partial charge in [-0.15, -0.1) is 0 Å². The van der Waals surface area contributed by atoms with Gasteiger partial charge in [-0.05, 0) is 71.0 Å². The third-order valence-corrected chi connectivity index (χ3v) is 5.32. The Labute approximate surface area is 159 Å². The quantitative estimate of drug-likeness (QED) is 0.750. The Hall–Kier alpha value is -1.41. The summed E-state index contributed by atoms with van der Waals surface area (Å²) in [5.41, 5.74) is 0.181. The molecule has 1 aromatic heterocycles. The van der Waals surface area contributed by atoms with Crippen LogP contribution in [0, 0.1) is 11.8 Å². The smallest absolute Gasteiger partial charge is 0.122 e. The number of likely N-dealkylation sites (tertiary alicyclic amines) is 1. The molecule has 4 heteroatoms. The number of hydrogen-bond donors (Lipinski definition) is 1. The molecule has 26 heavy (non-hydrogen) atoms. The van der Waals surface area contributed by atoms with E-state index in [0.29, 0.717) is 19.0 Å². The molecule has 0 amide bonds. The lowest BCUT2D eigenvalue weighted by atomic mass is 9.94. The monoisotopic (exact) mass is 358 g/mol. The van der Waals surface area contributed by atoms with Crippen LogP contribution in [-0.4, -0.2) is 46.4 Å². The lowest BCUT2D eigenvalue weighted by Gasteiger charge is -2.34. The van der Waals surface area contributed by atoms with Gasteiger partial charge in [-0.2, -0.15) is 0 Å². The van der Waals surface area contributed by atoms with Crippen LogP contribution < -0.4 is 0 Å². The number of methoxy groups -OCH3 is 1. The van der Waals surface area contributed by atoms with Crippen LogP contribution in [-0.2, 0) is 4.74 Å². The van der Waals surface area contributed by atoms with Gasteiger partial charge < -0.3 is 9.84 Å². The zero-order chi connectivity index (χ0) is 19.0. The molecule has 0 aromatic carbocycles. The van der Waals surface area contributed by atoms with Gasteiger partial charge in [-0.1, -0.05) is 24.3 Å². The molecule has 4 nitrogen and oxygen atoms in total. The van der Waals surface area contributed by atoms with Crippen molar-refractivity contribution in [1.29, 1.82) is 0 Å². The van der Waals surface area contributed by atoms with Crippen molar-refractivity contribution in [3.8, 4) is 11.8 Å². The van der Waals surface area contributed by atoms with Gasteiger partial charge in [0.25, 0.3) is 0 Å². The molecule has 1 aliphatic heterocycles. The second kappa shape index (κ2) is 9.50. The second-order valence-corrected chi connectivity index (χ2v) is 8.16. The van der Waals surface area contributed by atoms with Crippen molar-refractivity contribution in [3.63, 3.8) is 0 Å². The van der Waals surface area contributed by atoms with Gasteiger partial charge in [-0.25, -0.2) is 0 Å². The topological polar surface area (TPSA) is 45.6 Å². The molecule has 0 saturated carbocycles. The number of pyridine rings is 1. The minimum atomic E-state index is -0.941. The highest BCUT2D eigenvalue weighted by Gasteiger charge is 2.24. The number of aliphatic hydroxyl groups is 1. The number of piperidine rings is 1. The van der Waals surface area contributed by atoms with Gasteiger partial charge in [-0.3, -0.25) is 9.88 Å². The Bertz CT molecular complexity index is 602. The number of hydrogen-bond acceptors (Lipinski definition) is 4. The summed E-state index contributed by atoms with van der Waals surface area (Å²) < 4.78 is 5.44. The molecule has 1 fully saturated rings. The van der Waals surface area contributed by atoms with E-state index in [2.05, 4.69) is 41.6 Å². The molecular weight excluding hydrogens is 324 g/mol. The summed E-state index contributed by atoms with van der Waals surface area (Å²) in [5.74, 6) is 6.32. The van der Waals surface area contributed by atoms with Crippen LogP contribution in [0.1, 0.15) is 70.9 Å². The maximum absolute atomic E-state index is 10.6. The summed E-state index contributed by atoms with van der Waals surface area (Å²) in [5, 5.41) is 10.6. The molecule has 2 rings (SSSR count). The van der Waals surface area contributed by atoms with Gasteiger partial charge in [0.2, 0.25) is 0 Å². The van der Waals surface area contributed by atoms with Crippen molar-refractivity contribution in [2.24, 2.45) is 0 Å². The summed E-state index contributed by atoms with van der Waals surface area (Å²) in [6, 6.07) is 4.54. The molecule has 0 unspecified atom stereocenters. The highest BCUT2D eigenvalue weighted by Crippen LogP contribution is 2.29. The Balaban J connectivity index is 1.89. The second-order valence-electron chi connectivity index (χ2n) is 8.16. The zero-order valence-corrected chi connectivity index (χ0v) is 16.8. The molecule has 2 heterocycles. The number of ether oxygens (including phenoxy) is 1. The summed E-state index contributed by atoms with van der Waals surface area (Å²) in [6.07, 6.45) is 9.86. The van der Waals surface area contributed by atoms with E-state index in [-0.39, 0.29) is 5.60 Å². The summed E-state index contributed by atoms with van der Waals surface area (Å²) in [4.78, 5) is 6.68. The van der Waals surface area contributed by atoms with E-state index in [1.54, 1.807) is 7.11 Å². The lowest BCUT2D eigenvalue weighted by molar-refractivity contribution is 0.00832. The van der Waals surface area contributed by atoms with Crippen LogP contribution in [0.15, 0.2) is 24.5 Å². The Kier molecular flexibility index (Phi) is 7.64. The molecule has 1 saturated heterocycles. The highest BCUT2D eigenvalue weighted by molar-refractivity contribution is 5.17. The first kappa shape index (κ1) is 20.9. The van der Waals surface area contributed by atoms with Crippen molar-refractivity contribution in [2.75, 3.05) is 20.2 Å². The Morgan fingerprint density at radius 1 is 1.31 bits per heavy atom. The first-order chi connectivity index (χ1) is 12.3. The number of nitrogens with zero attached hydrogens (tertiary/aromatic N) is 2. The van der Waals surface area contributed by atoms with Crippen molar-refractivity contribution in [1.82, 2.24) is 9.88 Å². The van der Waals surface area contributed by atoms with Gasteiger partial charge >= 0.3 is 0 Å². The van der Waals surface area contributed by atoms with Crippen LogP contribution in [0.3, 0.4) is 0 Å². The van der Waals surface area contributed by atoms with Gasteiger partial charge in [0.05, 0.1) is 12.1 Å². The molecule has 0 spiro atoms. The third-order valence-electron chi connectivity index (χ3n) is 5.32. The van der Waals surface area contributed by atoms with Crippen molar-refractivity contribution >= 4 is 0 Å². The fourth-order valence-electron chi connectivity index (χ4n) is 3.49. The van der Waals surface area contributed by atoms with E-state index in [4.69, 9.17) is 4.74 Å². The van der Waals surface area contributed by atoms with Crippen LogP contribution in [0.4, 0.5) is 0 Å². The Morgan fingerprint density at radius 2 is 2.12 bits per heavy atom. The van der Waals surface area contributed by atoms with Crippen molar-refractivity contribution in [3.05, 3.63) is 30.1 Å². The maximum Gasteiger partial charge on any atom is 0.122 e. The first-order valence-corrected chi connectivity index (χ1v) is 9.74. The minimum absolute atomic E-state index is 0.145. The first-order valence-electron chi connectivity index (χ1n) is 9.74. The molecule has 1 aliphatic rings. The number of aromatic nitrogens is 1. The van der Waals surface area contributed by atoms with E-state index in [0.717, 1.165) is 25.8 Å². The largest absolute Gasteiger partial charge is 0.379 e. The SMILES string of the molecule is COC(C)(C)CCC[C@@](C)(O)C#CCN1CCCC[C@H]1c1cccnc1. The zero-order valence-electron chi connectivity index (χ0n) is 16.8. The minimum Gasteiger partial charge on any atom is -0.379 e. The molecule has 0 aliphatic carbocycles. The average Bonchev–Trinajstić information content (AvgIpc) is 2.62. The van der Waals surface area contributed by atoms with E-state index in [1.165, 1.54) is 18.4 Å². The maximum atomic E-state index is 10.6. The van der Waals surface area contributed by atoms with Gasteiger partial charge in [0, 0.05) is 25.5 Å². The Morgan fingerprint density at radius 3 is 2.81 bits per heavy atom. The van der Waals surface area contributed by atoms with Crippen molar-refractivity contribution in [2.45, 2.75) is 76.5 Å². The van der Waals surface area contributed by atoms with E-state index < -0.39 is 5.60 Å². The molecule has 1 N–H and O–H groups in total. The van der Waals surface area contributed by atoms with Crippen LogP contribution in [0.2, 0.25) is 0 Å². The molecule has 0 bridgehead atoms. The molecule has 1 aromatic rings. The summed E-state index contributed by atoms with van der Waals surface area (Å²) >= 11 is 0. The summed E-state index contributed by atoms with van der Waals surface area (Å²) in [7, 11) is 1.73. The predicted molar refractivity (Wildman–Crippen MR) is 106 cm³/mol. The lowest BCUT2D eigenvalue weighted by Crippen LogP contribution is -2.34. The van der Waals surface area contributed by atoms with E-state index >= 15 is 0 Å². The third kappa shape index (κ3) is 6.72. The number of rotatable bonds is 7. The average molecular weight is 359 g/mol. The molecular formula is C22H34N2O2. The molecule has 0 radical (unpaired) electrons. The van der Waals surface area contributed by atoms with Crippen molar-refractivity contribution < 1.29 is 9.84 Å². The van der Waals surface area contributed by atoms with Crippen LogP contribution in [0.25, 0.3) is 0 Å². The molecule has 2 atom stereocenters.